The first-order valence-electron chi connectivity index (χ1n) is 7.52. The van der Waals surface area contributed by atoms with E-state index in [1.807, 2.05) is 19.9 Å². The molecule has 0 amide bonds. The fraction of sp³-hybridized carbons (Fsp3) is 0.625. The second kappa shape index (κ2) is 6.07. The van der Waals surface area contributed by atoms with Gasteiger partial charge in [-0.05, 0) is 56.4 Å². The topological polar surface area (TPSA) is 66.4 Å². The lowest BCUT2D eigenvalue weighted by molar-refractivity contribution is 0.280. The van der Waals surface area contributed by atoms with Gasteiger partial charge in [-0.3, -0.25) is 0 Å². The molecule has 21 heavy (non-hydrogen) atoms. The summed E-state index contributed by atoms with van der Waals surface area (Å²) in [6.07, 6.45) is 5.06. The maximum absolute atomic E-state index is 12.7. The van der Waals surface area contributed by atoms with Crippen molar-refractivity contribution >= 4 is 10.0 Å². The zero-order valence-corrected chi connectivity index (χ0v) is 13.9. The average Bonchev–Trinajstić information content (AvgIpc) is 2.38. The lowest BCUT2D eigenvalue weighted by Gasteiger charge is -2.34. The molecule has 1 aliphatic carbocycles. The summed E-state index contributed by atoms with van der Waals surface area (Å²) in [4.78, 5) is 0.281. The van der Waals surface area contributed by atoms with E-state index in [1.165, 1.54) is 6.42 Å². The van der Waals surface area contributed by atoms with Crippen molar-refractivity contribution in [3.8, 4) is 0 Å². The van der Waals surface area contributed by atoms with Crippen molar-refractivity contribution in [1.82, 2.24) is 4.72 Å². The van der Waals surface area contributed by atoms with Gasteiger partial charge in [0.25, 0.3) is 0 Å². The van der Waals surface area contributed by atoms with Crippen LogP contribution in [-0.4, -0.2) is 19.1 Å². The van der Waals surface area contributed by atoms with Crippen LogP contribution >= 0.6 is 0 Å². The van der Waals surface area contributed by atoms with Crippen LogP contribution in [0.1, 0.15) is 55.7 Å². The summed E-state index contributed by atoms with van der Waals surface area (Å²) in [5, 5.41) is 9.36. The number of nitrogens with one attached hydrogen (secondary N) is 1. The van der Waals surface area contributed by atoms with Crippen LogP contribution in [0.15, 0.2) is 17.0 Å². The molecule has 4 nitrogen and oxygen atoms in total. The molecule has 0 spiro atoms. The minimum Gasteiger partial charge on any atom is -0.392 e. The second-order valence-corrected chi connectivity index (χ2v) is 8.08. The summed E-state index contributed by atoms with van der Waals surface area (Å²) >= 11 is 0. The molecule has 2 N–H and O–H groups in total. The van der Waals surface area contributed by atoms with Crippen LogP contribution < -0.4 is 4.72 Å². The van der Waals surface area contributed by atoms with Crippen molar-refractivity contribution in [3.63, 3.8) is 0 Å². The normalized spacial score (nSPS) is 18.7. The van der Waals surface area contributed by atoms with Gasteiger partial charge in [-0.2, -0.15) is 0 Å². The Hall–Kier alpha value is -0.910. The number of aliphatic hydroxyl groups is 1. The number of benzene rings is 1. The SMILES string of the molecule is Cc1cc(C)c(S(=O)(=O)NC2(C)CCCCC2)cc1CO. The number of aryl methyl sites for hydroxylation is 2. The molecular formula is C16H25NO3S. The van der Waals surface area contributed by atoms with Crippen LogP contribution in [0.3, 0.4) is 0 Å². The summed E-state index contributed by atoms with van der Waals surface area (Å²) < 4.78 is 28.3. The van der Waals surface area contributed by atoms with E-state index in [0.29, 0.717) is 5.56 Å². The molecule has 0 bridgehead atoms. The minimum absolute atomic E-state index is 0.147. The molecule has 0 saturated heterocycles. The van der Waals surface area contributed by atoms with Crippen LogP contribution in [0.25, 0.3) is 0 Å². The van der Waals surface area contributed by atoms with E-state index in [4.69, 9.17) is 0 Å². The molecule has 1 aromatic rings. The first kappa shape index (κ1) is 16.5. The van der Waals surface area contributed by atoms with Gasteiger partial charge in [0, 0.05) is 5.54 Å². The third kappa shape index (κ3) is 3.65. The van der Waals surface area contributed by atoms with E-state index in [9.17, 15) is 13.5 Å². The maximum atomic E-state index is 12.7. The fourth-order valence-electron chi connectivity index (χ4n) is 3.15. The molecule has 1 aliphatic rings. The van der Waals surface area contributed by atoms with Gasteiger partial charge in [-0.25, -0.2) is 13.1 Å². The Balaban J connectivity index is 2.35. The van der Waals surface area contributed by atoms with Gasteiger partial charge in [0.15, 0.2) is 0 Å². The summed E-state index contributed by atoms with van der Waals surface area (Å²) in [6, 6.07) is 3.42. The van der Waals surface area contributed by atoms with Crippen molar-refractivity contribution in [2.75, 3.05) is 0 Å². The molecule has 1 fully saturated rings. The molecule has 0 atom stereocenters. The number of hydrogen-bond acceptors (Lipinski definition) is 3. The summed E-state index contributed by atoms with van der Waals surface area (Å²) in [5.41, 5.74) is 1.94. The molecule has 0 radical (unpaired) electrons. The average molecular weight is 311 g/mol. The molecule has 5 heteroatoms. The van der Waals surface area contributed by atoms with Gasteiger partial charge in [0.05, 0.1) is 11.5 Å². The number of rotatable bonds is 4. The Bertz CT molecular complexity index is 617. The Morgan fingerprint density at radius 1 is 1.14 bits per heavy atom. The summed E-state index contributed by atoms with van der Waals surface area (Å²) in [5.74, 6) is 0. The Morgan fingerprint density at radius 3 is 2.33 bits per heavy atom. The van der Waals surface area contributed by atoms with Crippen LogP contribution in [0, 0.1) is 13.8 Å². The van der Waals surface area contributed by atoms with Gasteiger partial charge < -0.3 is 5.11 Å². The fourth-order valence-corrected chi connectivity index (χ4v) is 4.89. The van der Waals surface area contributed by atoms with Crippen LogP contribution in [-0.2, 0) is 16.6 Å². The Morgan fingerprint density at radius 2 is 1.76 bits per heavy atom. The third-order valence-corrected chi connectivity index (χ3v) is 6.21. The molecule has 0 aliphatic heterocycles. The zero-order chi connectivity index (χ0) is 15.7. The van der Waals surface area contributed by atoms with Gasteiger partial charge in [-0.15, -0.1) is 0 Å². The largest absolute Gasteiger partial charge is 0.392 e. The Kier molecular flexibility index (Phi) is 4.76. The summed E-state index contributed by atoms with van der Waals surface area (Å²) in [6.45, 7) is 5.52. The Labute approximate surface area is 127 Å². The van der Waals surface area contributed by atoms with E-state index in [0.717, 1.165) is 36.8 Å². The van der Waals surface area contributed by atoms with E-state index in [-0.39, 0.29) is 17.0 Å². The number of aliphatic hydroxyl groups excluding tert-OH is 1. The zero-order valence-electron chi connectivity index (χ0n) is 13.1. The van der Waals surface area contributed by atoms with E-state index in [2.05, 4.69) is 4.72 Å². The highest BCUT2D eigenvalue weighted by atomic mass is 32.2. The second-order valence-electron chi connectivity index (χ2n) is 6.43. The first-order chi connectivity index (χ1) is 9.77. The molecule has 0 heterocycles. The van der Waals surface area contributed by atoms with Crippen molar-refractivity contribution in [1.29, 1.82) is 0 Å². The first-order valence-corrected chi connectivity index (χ1v) is 9.01. The third-order valence-electron chi connectivity index (χ3n) is 4.43. The molecular weight excluding hydrogens is 286 g/mol. The van der Waals surface area contributed by atoms with Crippen molar-refractivity contribution in [2.45, 2.75) is 69.9 Å². The number of sulfonamides is 1. The molecule has 0 unspecified atom stereocenters. The van der Waals surface area contributed by atoms with Crippen molar-refractivity contribution in [2.24, 2.45) is 0 Å². The molecule has 118 valence electrons. The van der Waals surface area contributed by atoms with E-state index < -0.39 is 10.0 Å². The molecule has 2 rings (SSSR count). The predicted molar refractivity (Wildman–Crippen MR) is 83.7 cm³/mol. The minimum atomic E-state index is -3.56. The summed E-state index contributed by atoms with van der Waals surface area (Å²) in [7, 11) is -3.56. The quantitative estimate of drug-likeness (QED) is 0.898. The standard InChI is InChI=1S/C16H25NO3S/c1-12-9-13(2)15(10-14(12)11-18)21(19,20)17-16(3)7-5-4-6-8-16/h9-10,17-18H,4-8,11H2,1-3H3. The van der Waals surface area contributed by atoms with Crippen LogP contribution in [0.2, 0.25) is 0 Å². The monoisotopic (exact) mass is 311 g/mol. The van der Waals surface area contributed by atoms with Gasteiger partial charge in [0.1, 0.15) is 0 Å². The smallest absolute Gasteiger partial charge is 0.241 e. The maximum Gasteiger partial charge on any atom is 0.241 e. The predicted octanol–water partition coefficient (Wildman–Crippen LogP) is 2.80. The van der Waals surface area contributed by atoms with Crippen LogP contribution in [0.5, 0.6) is 0 Å². The lowest BCUT2D eigenvalue weighted by atomic mass is 9.84. The molecule has 0 aromatic heterocycles. The van der Waals surface area contributed by atoms with Gasteiger partial charge in [-0.1, -0.05) is 25.3 Å². The molecule has 1 aromatic carbocycles. The van der Waals surface area contributed by atoms with Crippen molar-refractivity contribution in [3.05, 3.63) is 28.8 Å². The lowest BCUT2D eigenvalue weighted by Crippen LogP contribution is -2.47. The highest BCUT2D eigenvalue weighted by molar-refractivity contribution is 7.89. The van der Waals surface area contributed by atoms with Gasteiger partial charge >= 0.3 is 0 Å². The van der Waals surface area contributed by atoms with Crippen LogP contribution in [0.4, 0.5) is 0 Å². The van der Waals surface area contributed by atoms with Crippen molar-refractivity contribution < 1.29 is 13.5 Å². The highest BCUT2D eigenvalue weighted by Crippen LogP contribution is 2.30. The van der Waals surface area contributed by atoms with E-state index >= 15 is 0 Å². The molecule has 1 saturated carbocycles. The highest BCUT2D eigenvalue weighted by Gasteiger charge is 2.32. The van der Waals surface area contributed by atoms with Gasteiger partial charge in [0.2, 0.25) is 10.0 Å². The van der Waals surface area contributed by atoms with E-state index in [1.54, 1.807) is 13.0 Å². The number of hydrogen-bond donors (Lipinski definition) is 2.